The number of phenols is 1. The van der Waals surface area contributed by atoms with Crippen LogP contribution in [-0.2, 0) is 0 Å². The number of phenolic OH excluding ortho intramolecular Hbond substituents is 1. The summed E-state index contributed by atoms with van der Waals surface area (Å²) < 4.78 is 0. The zero-order valence-corrected chi connectivity index (χ0v) is 14.4. The molecule has 1 heterocycles. The fourth-order valence-corrected chi connectivity index (χ4v) is 2.47. The van der Waals surface area contributed by atoms with Crippen LogP contribution in [0.5, 0.6) is 5.75 Å². The number of aromatic hydroxyl groups is 1. The van der Waals surface area contributed by atoms with Crippen molar-refractivity contribution < 1.29 is 5.11 Å². The van der Waals surface area contributed by atoms with E-state index in [2.05, 4.69) is 35.2 Å². The third-order valence-corrected chi connectivity index (χ3v) is 3.99. The molecule has 0 spiro atoms. The highest BCUT2D eigenvalue weighted by molar-refractivity contribution is 5.85. The molecule has 0 aliphatic carbocycles. The number of hydrogen-bond donors (Lipinski definition) is 2. The quantitative estimate of drug-likeness (QED) is 0.864. The largest absolute Gasteiger partial charge is 0.508 e. The highest BCUT2D eigenvalue weighted by Crippen LogP contribution is 2.21. The summed E-state index contributed by atoms with van der Waals surface area (Å²) in [5, 5.41) is 12.9. The zero-order valence-electron chi connectivity index (χ0n) is 12.8. The number of nitrogens with one attached hydrogen (secondary N) is 1. The van der Waals surface area contributed by atoms with Crippen LogP contribution in [0.2, 0.25) is 0 Å². The lowest BCUT2D eigenvalue weighted by Gasteiger charge is -2.31. The molecule has 0 amide bonds. The second-order valence-electron chi connectivity index (χ2n) is 5.34. The molecule has 122 valence electrons. The van der Waals surface area contributed by atoms with Gasteiger partial charge < -0.3 is 10.4 Å². The van der Waals surface area contributed by atoms with E-state index in [0.717, 1.165) is 39.3 Å². The molecule has 0 saturated carbocycles. The maximum Gasteiger partial charge on any atom is 0.115 e. The molecule has 0 bridgehead atoms. The van der Waals surface area contributed by atoms with Crippen molar-refractivity contribution in [3.05, 3.63) is 29.8 Å². The normalized spacial score (nSPS) is 16.9. The molecular formula is C15H27Cl2N3O. The number of benzene rings is 1. The summed E-state index contributed by atoms with van der Waals surface area (Å²) in [4.78, 5) is 4.85. The van der Waals surface area contributed by atoms with E-state index in [-0.39, 0.29) is 24.8 Å². The van der Waals surface area contributed by atoms with Gasteiger partial charge in [-0.1, -0.05) is 12.1 Å². The zero-order chi connectivity index (χ0) is 13.7. The van der Waals surface area contributed by atoms with Crippen molar-refractivity contribution in [2.45, 2.75) is 13.0 Å². The predicted molar refractivity (Wildman–Crippen MR) is 93.0 cm³/mol. The predicted octanol–water partition coefficient (Wildman–Crippen LogP) is 2.13. The first kappa shape index (κ1) is 20.5. The van der Waals surface area contributed by atoms with Crippen molar-refractivity contribution in [2.24, 2.45) is 0 Å². The van der Waals surface area contributed by atoms with Crippen LogP contribution in [0.15, 0.2) is 24.3 Å². The lowest BCUT2D eigenvalue weighted by atomic mass is 10.1. The van der Waals surface area contributed by atoms with Gasteiger partial charge in [0.25, 0.3) is 0 Å². The number of piperazine rings is 1. The minimum Gasteiger partial charge on any atom is -0.508 e. The standard InChI is InChI=1S/C15H25N3O.2ClH/c1-13(14-4-3-5-15(19)12-14)17(2)10-11-18-8-6-16-7-9-18;;/h3-5,12-13,16,19H,6-11H2,1-2H3;2*1H. The molecule has 1 saturated heterocycles. The summed E-state index contributed by atoms with van der Waals surface area (Å²) in [5.41, 5.74) is 1.17. The lowest BCUT2D eigenvalue weighted by molar-refractivity contribution is 0.183. The number of halogens is 2. The Bertz CT molecular complexity index is 400. The van der Waals surface area contributed by atoms with Gasteiger partial charge in [-0.3, -0.25) is 9.80 Å². The summed E-state index contributed by atoms with van der Waals surface area (Å²) in [6.07, 6.45) is 0. The molecular weight excluding hydrogens is 309 g/mol. The Morgan fingerprint density at radius 3 is 2.57 bits per heavy atom. The van der Waals surface area contributed by atoms with E-state index < -0.39 is 0 Å². The van der Waals surface area contributed by atoms with Gasteiger partial charge in [0.05, 0.1) is 0 Å². The highest BCUT2D eigenvalue weighted by atomic mass is 35.5. The maximum absolute atomic E-state index is 9.54. The van der Waals surface area contributed by atoms with Gasteiger partial charge in [0.1, 0.15) is 5.75 Å². The molecule has 1 aliphatic rings. The van der Waals surface area contributed by atoms with E-state index in [9.17, 15) is 5.11 Å². The Morgan fingerprint density at radius 1 is 1.29 bits per heavy atom. The summed E-state index contributed by atoms with van der Waals surface area (Å²) in [5.74, 6) is 0.347. The molecule has 1 atom stereocenters. The van der Waals surface area contributed by atoms with Gasteiger partial charge in [0.15, 0.2) is 0 Å². The molecule has 0 aromatic heterocycles. The van der Waals surface area contributed by atoms with Crippen molar-refractivity contribution >= 4 is 24.8 Å². The topological polar surface area (TPSA) is 38.7 Å². The average Bonchev–Trinajstić information content (AvgIpc) is 2.45. The lowest BCUT2D eigenvalue weighted by Crippen LogP contribution is -2.46. The van der Waals surface area contributed by atoms with Crippen LogP contribution in [0.4, 0.5) is 0 Å². The van der Waals surface area contributed by atoms with Crippen LogP contribution >= 0.6 is 24.8 Å². The van der Waals surface area contributed by atoms with Gasteiger partial charge >= 0.3 is 0 Å². The fourth-order valence-electron chi connectivity index (χ4n) is 2.47. The van der Waals surface area contributed by atoms with Crippen molar-refractivity contribution in [3.8, 4) is 5.75 Å². The average molecular weight is 336 g/mol. The molecule has 2 N–H and O–H groups in total. The molecule has 1 aromatic rings. The van der Waals surface area contributed by atoms with E-state index in [4.69, 9.17) is 0 Å². The third-order valence-electron chi connectivity index (χ3n) is 3.99. The maximum atomic E-state index is 9.54. The summed E-state index contributed by atoms with van der Waals surface area (Å²) in [7, 11) is 2.15. The SMILES string of the molecule is CC(c1cccc(O)c1)N(C)CCN1CCNCC1.Cl.Cl. The number of hydrogen-bond acceptors (Lipinski definition) is 4. The fraction of sp³-hybridized carbons (Fsp3) is 0.600. The van der Waals surface area contributed by atoms with Gasteiger partial charge in [-0.2, -0.15) is 0 Å². The monoisotopic (exact) mass is 335 g/mol. The van der Waals surface area contributed by atoms with Crippen LogP contribution in [0.25, 0.3) is 0 Å². The Hall–Kier alpha value is -0.520. The van der Waals surface area contributed by atoms with E-state index in [1.165, 1.54) is 5.56 Å². The smallest absolute Gasteiger partial charge is 0.115 e. The summed E-state index contributed by atoms with van der Waals surface area (Å²) in [6.45, 7) is 8.85. The first-order valence-electron chi connectivity index (χ1n) is 7.09. The molecule has 6 heteroatoms. The molecule has 1 aliphatic heterocycles. The van der Waals surface area contributed by atoms with E-state index in [1.807, 2.05) is 12.1 Å². The molecule has 21 heavy (non-hydrogen) atoms. The number of rotatable bonds is 5. The van der Waals surface area contributed by atoms with Gasteiger partial charge in [-0.05, 0) is 31.7 Å². The van der Waals surface area contributed by atoms with Gasteiger partial charge in [0.2, 0.25) is 0 Å². The highest BCUT2D eigenvalue weighted by Gasteiger charge is 2.14. The van der Waals surface area contributed by atoms with Crippen molar-refractivity contribution in [3.63, 3.8) is 0 Å². The second-order valence-corrected chi connectivity index (χ2v) is 5.34. The Morgan fingerprint density at radius 2 is 1.95 bits per heavy atom. The van der Waals surface area contributed by atoms with Crippen molar-refractivity contribution in [1.29, 1.82) is 0 Å². The summed E-state index contributed by atoms with van der Waals surface area (Å²) in [6, 6.07) is 7.88. The first-order valence-corrected chi connectivity index (χ1v) is 7.09. The van der Waals surface area contributed by atoms with E-state index in [0.29, 0.717) is 11.8 Å². The van der Waals surface area contributed by atoms with Gasteiger partial charge in [0, 0.05) is 45.3 Å². The molecule has 2 rings (SSSR count). The first-order chi connectivity index (χ1) is 9.16. The van der Waals surface area contributed by atoms with Crippen LogP contribution in [0.3, 0.4) is 0 Å². The Labute approximate surface area is 140 Å². The number of nitrogens with zero attached hydrogens (tertiary/aromatic N) is 2. The van der Waals surface area contributed by atoms with Crippen LogP contribution in [0.1, 0.15) is 18.5 Å². The van der Waals surface area contributed by atoms with Crippen LogP contribution < -0.4 is 5.32 Å². The molecule has 0 radical (unpaired) electrons. The third kappa shape index (κ3) is 6.41. The Kier molecular flexibility index (Phi) is 9.99. The minimum absolute atomic E-state index is 0. The van der Waals surface area contributed by atoms with Gasteiger partial charge in [-0.15, -0.1) is 24.8 Å². The van der Waals surface area contributed by atoms with Crippen molar-refractivity contribution in [2.75, 3.05) is 46.3 Å². The van der Waals surface area contributed by atoms with E-state index in [1.54, 1.807) is 6.07 Å². The number of likely N-dealkylation sites (N-methyl/N-ethyl adjacent to an activating group) is 1. The van der Waals surface area contributed by atoms with Crippen molar-refractivity contribution in [1.82, 2.24) is 15.1 Å². The molecule has 1 aromatic carbocycles. The Balaban J connectivity index is 0.00000200. The van der Waals surface area contributed by atoms with Gasteiger partial charge in [-0.25, -0.2) is 0 Å². The molecule has 1 unspecified atom stereocenters. The summed E-state index contributed by atoms with van der Waals surface area (Å²) >= 11 is 0. The molecule has 1 fully saturated rings. The molecule has 4 nitrogen and oxygen atoms in total. The van der Waals surface area contributed by atoms with Crippen LogP contribution in [-0.4, -0.2) is 61.2 Å². The minimum atomic E-state index is 0. The second kappa shape index (κ2) is 10.2. The van der Waals surface area contributed by atoms with E-state index >= 15 is 0 Å². The van der Waals surface area contributed by atoms with Crippen LogP contribution in [0, 0.1) is 0 Å².